The molecule has 0 fully saturated rings. The van der Waals surface area contributed by atoms with Gasteiger partial charge >= 0.3 is 29.0 Å². The van der Waals surface area contributed by atoms with Crippen LogP contribution in [0.2, 0.25) is 0 Å². The van der Waals surface area contributed by atoms with Crippen molar-refractivity contribution >= 4 is 41.7 Å². The first-order valence-corrected chi connectivity index (χ1v) is 3.33. The number of carboxylic acid groups (broad SMARTS) is 1. The summed E-state index contributed by atoms with van der Waals surface area (Å²) in [6, 6.07) is 0. The number of aliphatic hydroxyl groups excluding tert-OH is 1. The van der Waals surface area contributed by atoms with Crippen LogP contribution in [0.3, 0.4) is 0 Å². The Bertz CT molecular complexity index is 98.9. The van der Waals surface area contributed by atoms with Crippen LogP contribution in [-0.2, 0) is 4.79 Å². The fourth-order valence-corrected chi connectivity index (χ4v) is 0.591. The third-order valence-corrected chi connectivity index (χ3v) is 1.24. The van der Waals surface area contributed by atoms with Gasteiger partial charge in [-0.15, -0.1) is 0 Å². The van der Waals surface area contributed by atoms with Crippen LogP contribution in [0.1, 0.15) is 12.8 Å². The molecule has 0 saturated carbocycles. The predicted molar refractivity (Wildman–Crippen MR) is 45.3 cm³/mol. The Morgan fingerprint density at radius 2 is 2.10 bits per heavy atom. The molecule has 0 spiro atoms. The third kappa shape index (κ3) is 6.66. The van der Waals surface area contributed by atoms with Crippen LogP contribution in [0.4, 0.5) is 0 Å². The summed E-state index contributed by atoms with van der Waals surface area (Å²) < 4.78 is 0. The van der Waals surface area contributed by atoms with Gasteiger partial charge in [-0.25, -0.2) is 4.79 Å². The lowest BCUT2D eigenvalue weighted by molar-refractivity contribution is -0.146. The number of hydrogen-bond donors (Lipinski definition) is 3. The zero-order valence-electron chi connectivity index (χ0n) is 4.95. The Kier molecular flexibility index (Phi) is 10.1. The lowest BCUT2D eigenvalue weighted by Gasteiger charge is -2.01. The molecule has 0 radical (unpaired) electrons. The highest BCUT2D eigenvalue weighted by molar-refractivity contribution is 7.80. The molecule has 2 N–H and O–H groups in total. The number of thiol groups is 1. The van der Waals surface area contributed by atoms with Gasteiger partial charge in [-0.3, -0.25) is 0 Å². The molecule has 0 aliphatic heterocycles. The van der Waals surface area contributed by atoms with Crippen LogP contribution in [-0.4, -0.2) is 51.1 Å². The van der Waals surface area contributed by atoms with Crippen molar-refractivity contribution in [3.63, 3.8) is 0 Å². The van der Waals surface area contributed by atoms with Crippen molar-refractivity contribution in [3.8, 4) is 0 Å². The third-order valence-electron chi connectivity index (χ3n) is 0.921. The summed E-state index contributed by atoms with van der Waals surface area (Å²) in [4.78, 5) is 9.93. The zero-order chi connectivity index (χ0) is 7.28. The maximum Gasteiger partial charge on any atom is 0.332 e. The van der Waals surface area contributed by atoms with Gasteiger partial charge in [0.2, 0.25) is 0 Å². The highest BCUT2D eigenvalue weighted by Gasteiger charge is 2.10. The maximum absolute atomic E-state index is 9.93. The van der Waals surface area contributed by atoms with Crippen LogP contribution in [0.25, 0.3) is 0 Å². The molecule has 5 heteroatoms. The highest BCUT2D eigenvalue weighted by Crippen LogP contribution is 1.97. The van der Waals surface area contributed by atoms with Crippen LogP contribution >= 0.6 is 12.6 Å². The fourth-order valence-electron chi connectivity index (χ4n) is 0.408. The summed E-state index contributed by atoms with van der Waals surface area (Å²) in [5.74, 6) is -0.540. The number of hydrogen-bond acceptors (Lipinski definition) is 3. The van der Waals surface area contributed by atoms with Crippen molar-refractivity contribution < 1.29 is 15.0 Å². The molecule has 1 atom stereocenters. The van der Waals surface area contributed by atoms with Crippen molar-refractivity contribution in [2.45, 2.75) is 18.9 Å². The molecule has 0 aromatic heterocycles. The molecular weight excluding hydrogens is 164 g/mol. The Hall–Kier alpha value is 0.546. The quantitative estimate of drug-likeness (QED) is 0.389. The molecule has 0 aromatic rings. The molecule has 0 bridgehead atoms. The normalized spacial score (nSPS) is 11.8. The number of aliphatic hydroxyl groups is 1. The Morgan fingerprint density at radius 3 is 2.40 bits per heavy atom. The topological polar surface area (TPSA) is 57.5 Å². The van der Waals surface area contributed by atoms with Crippen molar-refractivity contribution in [2.75, 3.05) is 5.75 Å². The first-order valence-electron chi connectivity index (χ1n) is 2.70. The van der Waals surface area contributed by atoms with E-state index in [0.717, 1.165) is 0 Å². The second-order valence-corrected chi connectivity index (χ2v) is 2.17. The minimum Gasteiger partial charge on any atom is -0.479 e. The molecule has 0 aliphatic carbocycles. The molecular formula is C5H12MgO3S. The molecule has 58 valence electrons. The van der Waals surface area contributed by atoms with E-state index in [1.807, 2.05) is 0 Å². The average molecular weight is 177 g/mol. The number of carbonyl (C=O) groups is 1. The summed E-state index contributed by atoms with van der Waals surface area (Å²) in [6.45, 7) is 0. The maximum atomic E-state index is 9.93. The molecule has 0 amide bonds. The van der Waals surface area contributed by atoms with Gasteiger partial charge in [-0.2, -0.15) is 12.6 Å². The second kappa shape index (κ2) is 7.65. The monoisotopic (exact) mass is 176 g/mol. The lowest BCUT2D eigenvalue weighted by atomic mass is 10.2. The molecule has 1 unspecified atom stereocenters. The fraction of sp³-hybridized carbons (Fsp3) is 0.800. The van der Waals surface area contributed by atoms with Crippen molar-refractivity contribution in [1.82, 2.24) is 0 Å². The van der Waals surface area contributed by atoms with E-state index >= 15 is 0 Å². The van der Waals surface area contributed by atoms with Gasteiger partial charge in [-0.1, -0.05) is 0 Å². The van der Waals surface area contributed by atoms with Gasteiger partial charge in [0.1, 0.15) is 0 Å². The first-order chi connectivity index (χ1) is 4.18. The molecule has 0 rings (SSSR count). The predicted octanol–water partition coefficient (Wildman–Crippen LogP) is -0.774. The van der Waals surface area contributed by atoms with Crippen molar-refractivity contribution in [1.29, 1.82) is 0 Å². The minimum atomic E-state index is -1.21. The Balaban J connectivity index is 0. The van der Waals surface area contributed by atoms with Crippen LogP contribution in [0.15, 0.2) is 0 Å². The number of carboxylic acids is 1. The van der Waals surface area contributed by atoms with Gasteiger partial charge in [-0.05, 0) is 18.6 Å². The molecule has 0 saturated heterocycles. The van der Waals surface area contributed by atoms with Crippen molar-refractivity contribution in [2.24, 2.45) is 0 Å². The molecule has 0 heterocycles. The van der Waals surface area contributed by atoms with Gasteiger partial charge in [0.15, 0.2) is 6.10 Å². The van der Waals surface area contributed by atoms with Gasteiger partial charge < -0.3 is 10.2 Å². The standard InChI is InChI=1S/C5H10O3S.Mg.2H/c6-4(5(7)8)2-1-3-9;;;/h4,6,9H,1-3H2,(H,7,8);;;. The lowest BCUT2D eigenvalue weighted by Crippen LogP contribution is -2.18. The van der Waals surface area contributed by atoms with E-state index in [2.05, 4.69) is 12.6 Å². The second-order valence-electron chi connectivity index (χ2n) is 1.72. The summed E-state index contributed by atoms with van der Waals surface area (Å²) in [5, 5.41) is 16.8. The molecule has 0 aliphatic rings. The SMILES string of the molecule is O=C(O)C(O)CCCS.[MgH2]. The zero-order valence-corrected chi connectivity index (χ0v) is 5.84. The average Bonchev–Trinajstić information content (AvgIpc) is 1.82. The van der Waals surface area contributed by atoms with Crippen LogP contribution in [0, 0.1) is 0 Å². The highest BCUT2D eigenvalue weighted by atomic mass is 32.1. The number of aliphatic carboxylic acids is 1. The van der Waals surface area contributed by atoms with E-state index < -0.39 is 12.1 Å². The molecule has 3 nitrogen and oxygen atoms in total. The van der Waals surface area contributed by atoms with E-state index in [4.69, 9.17) is 10.2 Å². The summed E-state index contributed by atoms with van der Waals surface area (Å²) in [5.41, 5.74) is 0. The van der Waals surface area contributed by atoms with E-state index in [0.29, 0.717) is 18.6 Å². The summed E-state index contributed by atoms with van der Waals surface area (Å²) in [6.07, 6.45) is -0.285. The molecule has 0 aromatic carbocycles. The Morgan fingerprint density at radius 1 is 1.60 bits per heavy atom. The van der Waals surface area contributed by atoms with Crippen molar-refractivity contribution in [3.05, 3.63) is 0 Å². The van der Waals surface area contributed by atoms with E-state index in [-0.39, 0.29) is 23.1 Å². The van der Waals surface area contributed by atoms with Gasteiger partial charge in [0.05, 0.1) is 0 Å². The Labute approximate surface area is 81.4 Å². The van der Waals surface area contributed by atoms with Crippen LogP contribution in [0.5, 0.6) is 0 Å². The van der Waals surface area contributed by atoms with Gasteiger partial charge in [0.25, 0.3) is 0 Å². The summed E-state index contributed by atoms with van der Waals surface area (Å²) >= 11 is 3.86. The van der Waals surface area contributed by atoms with Gasteiger partial charge in [0, 0.05) is 0 Å². The van der Waals surface area contributed by atoms with Crippen LogP contribution < -0.4 is 0 Å². The van der Waals surface area contributed by atoms with E-state index in [1.54, 1.807) is 0 Å². The smallest absolute Gasteiger partial charge is 0.332 e. The molecule has 10 heavy (non-hydrogen) atoms. The van der Waals surface area contributed by atoms with E-state index in [9.17, 15) is 4.79 Å². The largest absolute Gasteiger partial charge is 0.479 e. The summed E-state index contributed by atoms with van der Waals surface area (Å²) in [7, 11) is 0. The first kappa shape index (κ1) is 13.2. The van der Waals surface area contributed by atoms with E-state index in [1.165, 1.54) is 0 Å². The minimum absolute atomic E-state index is 0. The number of rotatable bonds is 4.